The molecule has 0 aliphatic carbocycles. The first-order valence-corrected chi connectivity index (χ1v) is 12.2. The summed E-state index contributed by atoms with van der Waals surface area (Å²) in [6, 6.07) is 10.5. The van der Waals surface area contributed by atoms with Crippen LogP contribution in [0.1, 0.15) is 6.42 Å². The summed E-state index contributed by atoms with van der Waals surface area (Å²) in [5, 5.41) is 5.52. The molecule has 2 aliphatic heterocycles. The van der Waals surface area contributed by atoms with Crippen molar-refractivity contribution in [3.8, 4) is 11.5 Å². The summed E-state index contributed by atoms with van der Waals surface area (Å²) in [5.74, 6) is -0.239. The maximum Gasteiger partial charge on any atom is 0.243 e. The molecule has 2 aliphatic rings. The average molecular weight is 514 g/mol. The molecule has 2 saturated heterocycles. The van der Waals surface area contributed by atoms with Crippen molar-refractivity contribution in [3.05, 3.63) is 48.3 Å². The molecular formula is C26H32FN5O5. The zero-order chi connectivity index (χ0) is 26.4. The van der Waals surface area contributed by atoms with E-state index in [1.165, 1.54) is 31.3 Å². The van der Waals surface area contributed by atoms with Crippen LogP contribution >= 0.6 is 0 Å². The lowest BCUT2D eigenvalue weighted by atomic mass is 10.1. The maximum absolute atomic E-state index is 13.2. The Hall–Kier alpha value is -3.86. The molecule has 2 fully saturated rings. The summed E-state index contributed by atoms with van der Waals surface area (Å²) >= 11 is 0. The van der Waals surface area contributed by atoms with Crippen LogP contribution in [0, 0.1) is 5.82 Å². The number of amides is 3. The van der Waals surface area contributed by atoms with E-state index in [1.54, 1.807) is 30.3 Å². The first kappa shape index (κ1) is 26.2. The topological polar surface area (TPSA) is 103 Å². The second-order valence-corrected chi connectivity index (χ2v) is 8.95. The second kappa shape index (κ2) is 11.9. The molecule has 0 spiro atoms. The molecule has 10 nitrogen and oxygen atoms in total. The van der Waals surface area contributed by atoms with Crippen LogP contribution in [0.15, 0.2) is 42.5 Å². The molecule has 0 unspecified atom stereocenters. The first-order valence-electron chi connectivity index (χ1n) is 12.2. The van der Waals surface area contributed by atoms with Crippen LogP contribution in [0.4, 0.5) is 15.8 Å². The fourth-order valence-corrected chi connectivity index (χ4v) is 4.60. The van der Waals surface area contributed by atoms with Gasteiger partial charge in [0.2, 0.25) is 17.7 Å². The molecule has 2 N–H and O–H groups in total. The van der Waals surface area contributed by atoms with Crippen LogP contribution in [0.5, 0.6) is 11.5 Å². The van der Waals surface area contributed by atoms with Crippen molar-refractivity contribution in [1.29, 1.82) is 0 Å². The van der Waals surface area contributed by atoms with Gasteiger partial charge in [-0.05, 0) is 36.4 Å². The van der Waals surface area contributed by atoms with E-state index in [2.05, 4.69) is 15.5 Å². The van der Waals surface area contributed by atoms with E-state index in [0.29, 0.717) is 56.5 Å². The Morgan fingerprint density at radius 2 is 1.76 bits per heavy atom. The fourth-order valence-electron chi connectivity index (χ4n) is 4.60. The molecule has 0 bridgehead atoms. The Kier molecular flexibility index (Phi) is 8.44. The minimum Gasteiger partial charge on any atom is -0.497 e. The summed E-state index contributed by atoms with van der Waals surface area (Å²) in [5.41, 5.74) is 1.36. The van der Waals surface area contributed by atoms with E-state index in [4.69, 9.17) is 9.47 Å². The summed E-state index contributed by atoms with van der Waals surface area (Å²) in [7, 11) is 3.01. The van der Waals surface area contributed by atoms with Gasteiger partial charge in [0.1, 0.15) is 23.4 Å². The van der Waals surface area contributed by atoms with Gasteiger partial charge in [0.15, 0.2) is 0 Å². The molecule has 3 amide bonds. The van der Waals surface area contributed by atoms with Crippen molar-refractivity contribution >= 4 is 29.1 Å². The largest absolute Gasteiger partial charge is 0.497 e. The van der Waals surface area contributed by atoms with Crippen LogP contribution in [0.3, 0.4) is 0 Å². The van der Waals surface area contributed by atoms with Gasteiger partial charge in [0.25, 0.3) is 0 Å². The second-order valence-electron chi connectivity index (χ2n) is 8.95. The third-order valence-corrected chi connectivity index (χ3v) is 6.63. The Labute approximate surface area is 215 Å². The summed E-state index contributed by atoms with van der Waals surface area (Å²) in [6.07, 6.45) is -0.184. The molecule has 0 aromatic heterocycles. The number of hydrogen-bond donors (Lipinski definition) is 2. The molecular weight excluding hydrogens is 481 g/mol. The van der Waals surface area contributed by atoms with Gasteiger partial charge in [-0.3, -0.25) is 19.3 Å². The molecule has 0 saturated carbocycles. The van der Waals surface area contributed by atoms with E-state index in [1.807, 2.05) is 4.90 Å². The number of nitrogens with one attached hydrogen (secondary N) is 2. The highest BCUT2D eigenvalue weighted by molar-refractivity contribution is 5.98. The maximum atomic E-state index is 13.2. The van der Waals surface area contributed by atoms with Gasteiger partial charge in [-0.15, -0.1) is 0 Å². The summed E-state index contributed by atoms with van der Waals surface area (Å²) in [4.78, 5) is 44.4. The Balaban J connectivity index is 1.35. The standard InChI is InChI=1S/C26H32FN5O5/c1-36-20-7-8-23(37-2)21(15-20)29-24(33)16-22-26(35)28-9-10-32(22)25(34)17-30-11-13-31(14-12-30)19-5-3-18(27)4-6-19/h3-8,15,22H,9-14,16-17H2,1-2H3,(H,28,35)(H,29,33)/t22-/m0/s1. The SMILES string of the molecule is COc1ccc(OC)c(NC(=O)C[C@H]2C(=O)NCCN2C(=O)CN2CCN(c3ccc(F)cc3)CC2)c1. The van der Waals surface area contributed by atoms with Gasteiger partial charge in [0, 0.05) is 51.0 Å². The predicted molar refractivity (Wildman–Crippen MR) is 136 cm³/mol. The molecule has 0 radical (unpaired) electrons. The van der Waals surface area contributed by atoms with Crippen molar-refractivity contribution in [2.45, 2.75) is 12.5 Å². The molecule has 1 atom stereocenters. The number of nitrogens with zero attached hydrogens (tertiary/aromatic N) is 3. The van der Waals surface area contributed by atoms with Gasteiger partial charge in [-0.2, -0.15) is 0 Å². The predicted octanol–water partition coefficient (Wildman–Crippen LogP) is 1.32. The quantitative estimate of drug-likeness (QED) is 0.549. The first-order chi connectivity index (χ1) is 17.9. The van der Waals surface area contributed by atoms with Crippen molar-refractivity contribution in [1.82, 2.24) is 15.1 Å². The summed E-state index contributed by atoms with van der Waals surface area (Å²) < 4.78 is 23.7. The van der Waals surface area contributed by atoms with Gasteiger partial charge in [-0.1, -0.05) is 0 Å². The van der Waals surface area contributed by atoms with Crippen molar-refractivity contribution in [2.75, 3.05) is 70.2 Å². The van der Waals surface area contributed by atoms with Crippen LogP contribution < -0.4 is 25.0 Å². The highest BCUT2D eigenvalue weighted by Crippen LogP contribution is 2.29. The number of methoxy groups -OCH3 is 2. The van der Waals surface area contributed by atoms with Gasteiger partial charge >= 0.3 is 0 Å². The zero-order valence-corrected chi connectivity index (χ0v) is 21.0. The fraction of sp³-hybridized carbons (Fsp3) is 0.423. The number of anilines is 2. The monoisotopic (exact) mass is 513 g/mol. The molecule has 2 aromatic carbocycles. The number of piperazine rings is 2. The Bertz CT molecular complexity index is 1120. The number of benzene rings is 2. The van der Waals surface area contributed by atoms with E-state index in [0.717, 1.165) is 5.69 Å². The molecule has 11 heteroatoms. The lowest BCUT2D eigenvalue weighted by Gasteiger charge is -2.39. The van der Waals surface area contributed by atoms with Crippen LogP contribution in [-0.2, 0) is 14.4 Å². The van der Waals surface area contributed by atoms with Crippen LogP contribution in [-0.4, -0.2) is 93.6 Å². The van der Waals surface area contributed by atoms with Gasteiger partial charge in [-0.25, -0.2) is 4.39 Å². The molecule has 198 valence electrons. The van der Waals surface area contributed by atoms with Gasteiger partial charge in [0.05, 0.1) is 32.9 Å². The molecule has 2 aromatic rings. The van der Waals surface area contributed by atoms with E-state index >= 15 is 0 Å². The normalized spacial score (nSPS) is 18.2. The lowest BCUT2D eigenvalue weighted by molar-refractivity contribution is -0.145. The highest BCUT2D eigenvalue weighted by Gasteiger charge is 2.35. The minimum atomic E-state index is -0.904. The molecule has 37 heavy (non-hydrogen) atoms. The number of carbonyl (C=O) groups excluding carboxylic acids is 3. The Morgan fingerprint density at radius 1 is 1.03 bits per heavy atom. The number of carbonyl (C=O) groups is 3. The molecule has 4 rings (SSSR count). The highest BCUT2D eigenvalue weighted by atomic mass is 19.1. The van der Waals surface area contributed by atoms with Crippen molar-refractivity contribution in [2.24, 2.45) is 0 Å². The number of ether oxygens (including phenoxy) is 2. The third-order valence-electron chi connectivity index (χ3n) is 6.63. The number of rotatable bonds is 8. The minimum absolute atomic E-state index is 0.159. The van der Waals surface area contributed by atoms with Crippen LogP contribution in [0.2, 0.25) is 0 Å². The number of hydrogen-bond acceptors (Lipinski definition) is 7. The van der Waals surface area contributed by atoms with E-state index in [-0.39, 0.29) is 30.6 Å². The molecule has 2 heterocycles. The van der Waals surface area contributed by atoms with Gasteiger partial charge < -0.3 is 29.9 Å². The average Bonchev–Trinajstić information content (AvgIpc) is 2.90. The van der Waals surface area contributed by atoms with E-state index < -0.39 is 11.9 Å². The lowest BCUT2D eigenvalue weighted by Crippen LogP contribution is -2.60. The third kappa shape index (κ3) is 6.48. The van der Waals surface area contributed by atoms with Crippen molar-refractivity contribution < 1.29 is 28.2 Å². The Morgan fingerprint density at radius 3 is 2.43 bits per heavy atom. The zero-order valence-electron chi connectivity index (χ0n) is 21.0. The summed E-state index contributed by atoms with van der Waals surface area (Å²) in [6.45, 7) is 3.55. The van der Waals surface area contributed by atoms with Crippen LogP contribution in [0.25, 0.3) is 0 Å². The smallest absolute Gasteiger partial charge is 0.243 e. The number of halogens is 1. The van der Waals surface area contributed by atoms with Crippen molar-refractivity contribution in [3.63, 3.8) is 0 Å². The van der Waals surface area contributed by atoms with E-state index in [9.17, 15) is 18.8 Å².